The van der Waals surface area contributed by atoms with Crippen LogP contribution in [-0.4, -0.2) is 31.2 Å². The lowest BCUT2D eigenvalue weighted by Crippen LogP contribution is -2.47. The Labute approximate surface area is 146 Å². The molecule has 0 aliphatic carbocycles. The summed E-state index contributed by atoms with van der Waals surface area (Å²) in [5.41, 5.74) is 0.611. The Kier molecular flexibility index (Phi) is 5.28. The molecule has 0 spiro atoms. The molecule has 25 heavy (non-hydrogen) atoms. The van der Waals surface area contributed by atoms with Gasteiger partial charge in [0.2, 0.25) is 5.91 Å². The van der Waals surface area contributed by atoms with Crippen LogP contribution in [0.5, 0.6) is 5.75 Å². The van der Waals surface area contributed by atoms with Crippen molar-refractivity contribution < 1.29 is 18.7 Å². The van der Waals surface area contributed by atoms with Gasteiger partial charge in [-0.2, -0.15) is 0 Å². The van der Waals surface area contributed by atoms with Gasteiger partial charge in [-0.3, -0.25) is 9.78 Å². The largest absolute Gasteiger partial charge is 0.497 e. The van der Waals surface area contributed by atoms with E-state index >= 15 is 0 Å². The molecular formula is C19H21FN2O3. The predicted octanol–water partition coefficient (Wildman–Crippen LogP) is 2.59. The summed E-state index contributed by atoms with van der Waals surface area (Å²) in [6, 6.07) is 9.79. The van der Waals surface area contributed by atoms with E-state index in [4.69, 9.17) is 9.47 Å². The smallest absolute Gasteiger partial charge is 0.231 e. The molecule has 1 aliphatic rings. The molecule has 132 valence electrons. The number of pyridine rings is 1. The van der Waals surface area contributed by atoms with Crippen molar-refractivity contribution >= 4 is 5.91 Å². The number of rotatable bonds is 5. The number of halogens is 1. The van der Waals surface area contributed by atoms with Gasteiger partial charge in [0, 0.05) is 25.5 Å². The van der Waals surface area contributed by atoms with Crippen LogP contribution in [0.25, 0.3) is 0 Å². The first kappa shape index (κ1) is 17.4. The molecule has 0 unspecified atom stereocenters. The first-order valence-corrected chi connectivity index (χ1v) is 8.25. The first-order chi connectivity index (χ1) is 12.1. The molecular weight excluding hydrogens is 323 g/mol. The highest BCUT2D eigenvalue weighted by Crippen LogP contribution is 2.35. The SMILES string of the molecule is COc1ccnc(CNC(=O)C2(c3cccc(F)c3)CCOCC2)c1. The lowest BCUT2D eigenvalue weighted by atomic mass is 9.73. The van der Waals surface area contributed by atoms with Crippen LogP contribution in [0.1, 0.15) is 24.1 Å². The maximum absolute atomic E-state index is 13.7. The third kappa shape index (κ3) is 3.79. The van der Waals surface area contributed by atoms with Crippen LogP contribution in [-0.2, 0) is 21.5 Å². The van der Waals surface area contributed by atoms with Gasteiger partial charge in [0.15, 0.2) is 0 Å². The van der Waals surface area contributed by atoms with Crippen molar-refractivity contribution in [1.82, 2.24) is 10.3 Å². The van der Waals surface area contributed by atoms with Gasteiger partial charge in [-0.25, -0.2) is 4.39 Å². The van der Waals surface area contributed by atoms with Gasteiger partial charge in [-0.1, -0.05) is 12.1 Å². The number of amides is 1. The zero-order chi connectivity index (χ0) is 17.7. The normalized spacial score (nSPS) is 16.2. The Balaban J connectivity index is 1.80. The standard InChI is InChI=1S/C19H21FN2O3/c1-24-17-5-8-21-16(12-17)13-22-18(23)19(6-9-25-10-7-19)14-3-2-4-15(20)11-14/h2-5,8,11-12H,6-7,9-10,13H2,1H3,(H,22,23). The second-order valence-corrected chi connectivity index (χ2v) is 6.07. The van der Waals surface area contributed by atoms with Gasteiger partial charge in [0.25, 0.3) is 0 Å². The minimum Gasteiger partial charge on any atom is -0.497 e. The molecule has 0 radical (unpaired) electrons. The first-order valence-electron chi connectivity index (χ1n) is 8.25. The fourth-order valence-corrected chi connectivity index (χ4v) is 3.17. The van der Waals surface area contributed by atoms with E-state index in [2.05, 4.69) is 10.3 Å². The second-order valence-electron chi connectivity index (χ2n) is 6.07. The van der Waals surface area contributed by atoms with Crippen LogP contribution in [0, 0.1) is 5.82 Å². The van der Waals surface area contributed by atoms with Gasteiger partial charge in [-0.05, 0) is 36.6 Å². The van der Waals surface area contributed by atoms with E-state index < -0.39 is 5.41 Å². The van der Waals surface area contributed by atoms with Crippen molar-refractivity contribution in [1.29, 1.82) is 0 Å². The average Bonchev–Trinajstić information content (AvgIpc) is 2.66. The van der Waals surface area contributed by atoms with Crippen LogP contribution in [0.15, 0.2) is 42.6 Å². The van der Waals surface area contributed by atoms with E-state index in [9.17, 15) is 9.18 Å². The Hall–Kier alpha value is -2.47. The summed E-state index contributed by atoms with van der Waals surface area (Å²) >= 11 is 0. The Bertz CT molecular complexity index is 745. The van der Waals surface area contributed by atoms with Crippen LogP contribution in [0.4, 0.5) is 4.39 Å². The third-order valence-electron chi connectivity index (χ3n) is 4.61. The van der Waals surface area contributed by atoms with E-state index in [1.807, 2.05) is 0 Å². The predicted molar refractivity (Wildman–Crippen MR) is 90.8 cm³/mol. The maximum Gasteiger partial charge on any atom is 0.231 e. The molecule has 1 N–H and O–H groups in total. The molecule has 0 saturated carbocycles. The number of nitrogens with zero attached hydrogens (tertiary/aromatic N) is 1. The van der Waals surface area contributed by atoms with Crippen molar-refractivity contribution in [3.05, 3.63) is 59.7 Å². The van der Waals surface area contributed by atoms with Crippen LogP contribution in [0.2, 0.25) is 0 Å². The lowest BCUT2D eigenvalue weighted by molar-refractivity contribution is -0.130. The topological polar surface area (TPSA) is 60.5 Å². The highest BCUT2D eigenvalue weighted by molar-refractivity contribution is 5.88. The molecule has 5 nitrogen and oxygen atoms in total. The number of ether oxygens (including phenoxy) is 2. The highest BCUT2D eigenvalue weighted by atomic mass is 19.1. The summed E-state index contributed by atoms with van der Waals surface area (Å²) in [6.45, 7) is 1.23. The number of methoxy groups -OCH3 is 1. The number of hydrogen-bond acceptors (Lipinski definition) is 4. The summed E-state index contributed by atoms with van der Waals surface area (Å²) in [7, 11) is 1.58. The number of benzene rings is 1. The minimum absolute atomic E-state index is 0.133. The quantitative estimate of drug-likeness (QED) is 0.906. The van der Waals surface area contributed by atoms with Crippen molar-refractivity contribution in [3.63, 3.8) is 0 Å². The van der Waals surface area contributed by atoms with Crippen LogP contribution >= 0.6 is 0 Å². The minimum atomic E-state index is -0.779. The molecule has 2 heterocycles. The molecule has 6 heteroatoms. The van der Waals surface area contributed by atoms with Crippen molar-refractivity contribution in [2.75, 3.05) is 20.3 Å². The van der Waals surface area contributed by atoms with E-state index in [0.29, 0.717) is 43.1 Å². The lowest BCUT2D eigenvalue weighted by Gasteiger charge is -2.36. The number of hydrogen-bond donors (Lipinski definition) is 1. The molecule has 0 bridgehead atoms. The van der Waals surface area contributed by atoms with E-state index in [0.717, 1.165) is 0 Å². The fraction of sp³-hybridized carbons (Fsp3) is 0.368. The molecule has 1 fully saturated rings. The van der Waals surface area contributed by atoms with Gasteiger partial charge >= 0.3 is 0 Å². The number of carbonyl (C=O) groups excluding carboxylic acids is 1. The fourth-order valence-electron chi connectivity index (χ4n) is 3.17. The summed E-state index contributed by atoms with van der Waals surface area (Å²) in [5, 5.41) is 2.94. The zero-order valence-electron chi connectivity index (χ0n) is 14.1. The summed E-state index contributed by atoms with van der Waals surface area (Å²) in [4.78, 5) is 17.2. The molecule has 1 aromatic heterocycles. The molecule has 1 saturated heterocycles. The van der Waals surface area contributed by atoms with Crippen molar-refractivity contribution in [3.8, 4) is 5.75 Å². The third-order valence-corrected chi connectivity index (χ3v) is 4.61. The number of nitrogens with one attached hydrogen (secondary N) is 1. The van der Waals surface area contributed by atoms with Gasteiger partial charge < -0.3 is 14.8 Å². The maximum atomic E-state index is 13.7. The van der Waals surface area contributed by atoms with Gasteiger partial charge in [0.05, 0.1) is 24.8 Å². The Morgan fingerprint density at radius 2 is 2.12 bits per heavy atom. The monoisotopic (exact) mass is 344 g/mol. The second kappa shape index (κ2) is 7.61. The van der Waals surface area contributed by atoms with Crippen molar-refractivity contribution in [2.24, 2.45) is 0 Å². The number of carbonyl (C=O) groups is 1. The van der Waals surface area contributed by atoms with Gasteiger partial charge in [0.1, 0.15) is 11.6 Å². The summed E-state index contributed by atoms with van der Waals surface area (Å²) in [5.74, 6) is 0.210. The highest BCUT2D eigenvalue weighted by Gasteiger charge is 2.41. The summed E-state index contributed by atoms with van der Waals surface area (Å²) in [6.07, 6.45) is 2.68. The van der Waals surface area contributed by atoms with Crippen LogP contribution < -0.4 is 10.1 Å². The number of aromatic nitrogens is 1. The zero-order valence-corrected chi connectivity index (χ0v) is 14.1. The van der Waals surface area contributed by atoms with Crippen LogP contribution in [0.3, 0.4) is 0 Å². The Morgan fingerprint density at radius 3 is 2.84 bits per heavy atom. The molecule has 1 aliphatic heterocycles. The molecule has 2 aromatic rings. The molecule has 1 amide bonds. The molecule has 3 rings (SSSR count). The average molecular weight is 344 g/mol. The molecule has 1 aromatic carbocycles. The van der Waals surface area contributed by atoms with Gasteiger partial charge in [-0.15, -0.1) is 0 Å². The molecule has 0 atom stereocenters. The summed E-state index contributed by atoms with van der Waals surface area (Å²) < 4.78 is 24.3. The van der Waals surface area contributed by atoms with Crippen molar-refractivity contribution in [2.45, 2.75) is 24.8 Å². The van der Waals surface area contributed by atoms with E-state index in [1.54, 1.807) is 37.6 Å². The van der Waals surface area contributed by atoms with E-state index in [1.165, 1.54) is 12.1 Å². The Morgan fingerprint density at radius 1 is 1.32 bits per heavy atom. The van der Waals surface area contributed by atoms with E-state index in [-0.39, 0.29) is 18.3 Å².